The first-order valence-corrected chi connectivity index (χ1v) is 9.61. The summed E-state index contributed by atoms with van der Waals surface area (Å²) in [7, 11) is -1.65. The monoisotopic (exact) mass is 356 g/mol. The number of rotatable bonds is 2. The molecule has 134 valence electrons. The number of amides is 1. The maximum atomic E-state index is 13.1. The molecular formula is C15H24N4O4S. The number of sulfonamides is 1. The standard InChI is InChI=1S/C15H24N4O4S/c1-11-14(12(2)23-17-11)24(21,22)19-9-8-18(3)15(10-19)5-4-13(20)16-7-6-15/h4-10H2,1-3H3,(H,16,20)/t15-/m0/s1. The molecule has 0 bridgehead atoms. The van der Waals surface area contributed by atoms with Crippen molar-refractivity contribution in [3.05, 3.63) is 11.5 Å². The largest absolute Gasteiger partial charge is 0.360 e. The lowest BCUT2D eigenvalue weighted by Gasteiger charge is -2.48. The summed E-state index contributed by atoms with van der Waals surface area (Å²) in [5.41, 5.74) is 0.0712. The number of hydrogen-bond acceptors (Lipinski definition) is 6. The highest BCUT2D eigenvalue weighted by molar-refractivity contribution is 7.89. The predicted octanol–water partition coefficient (Wildman–Crippen LogP) is 0.266. The van der Waals surface area contributed by atoms with Crippen molar-refractivity contribution in [1.29, 1.82) is 0 Å². The first kappa shape index (κ1) is 17.4. The lowest BCUT2D eigenvalue weighted by atomic mass is 9.87. The Morgan fingerprint density at radius 2 is 2.00 bits per heavy atom. The fourth-order valence-corrected chi connectivity index (χ4v) is 5.54. The molecule has 8 nitrogen and oxygen atoms in total. The summed E-state index contributed by atoms with van der Waals surface area (Å²) in [6.45, 7) is 5.27. The van der Waals surface area contributed by atoms with E-state index < -0.39 is 10.0 Å². The van der Waals surface area contributed by atoms with Crippen LogP contribution in [0.15, 0.2) is 9.42 Å². The summed E-state index contributed by atoms with van der Waals surface area (Å²) in [5, 5.41) is 6.65. The average Bonchev–Trinajstić information content (AvgIpc) is 2.75. The number of nitrogens with zero attached hydrogens (tertiary/aromatic N) is 3. The minimum atomic E-state index is -3.66. The van der Waals surface area contributed by atoms with Gasteiger partial charge < -0.3 is 9.84 Å². The van der Waals surface area contributed by atoms with Gasteiger partial charge >= 0.3 is 0 Å². The van der Waals surface area contributed by atoms with Crippen LogP contribution in [0.2, 0.25) is 0 Å². The number of hydrogen-bond donors (Lipinski definition) is 1. The van der Waals surface area contributed by atoms with Crippen molar-refractivity contribution in [2.45, 2.75) is 43.5 Å². The highest BCUT2D eigenvalue weighted by Crippen LogP contribution is 2.34. The van der Waals surface area contributed by atoms with E-state index in [0.29, 0.717) is 50.5 Å². The third-order valence-corrected chi connectivity index (χ3v) is 7.35. The van der Waals surface area contributed by atoms with Crippen LogP contribution in [-0.4, -0.2) is 67.5 Å². The minimum absolute atomic E-state index is 0.0333. The molecule has 0 aromatic carbocycles. The number of carbonyl (C=O) groups is 1. The molecule has 0 aliphatic carbocycles. The Morgan fingerprint density at radius 3 is 2.67 bits per heavy atom. The average molecular weight is 356 g/mol. The molecule has 1 amide bonds. The van der Waals surface area contributed by atoms with Gasteiger partial charge in [0.2, 0.25) is 15.9 Å². The van der Waals surface area contributed by atoms with Gasteiger partial charge in [0.25, 0.3) is 0 Å². The van der Waals surface area contributed by atoms with E-state index >= 15 is 0 Å². The van der Waals surface area contributed by atoms with Crippen LogP contribution in [0.4, 0.5) is 0 Å². The maximum absolute atomic E-state index is 13.1. The summed E-state index contributed by atoms with van der Waals surface area (Å²) >= 11 is 0. The molecule has 1 atom stereocenters. The molecule has 3 rings (SSSR count). The fraction of sp³-hybridized carbons (Fsp3) is 0.733. The van der Waals surface area contributed by atoms with Gasteiger partial charge in [-0.05, 0) is 33.7 Å². The lowest BCUT2D eigenvalue weighted by Crippen LogP contribution is -2.62. The molecule has 3 heterocycles. The van der Waals surface area contributed by atoms with Crippen LogP contribution in [-0.2, 0) is 14.8 Å². The Morgan fingerprint density at radius 1 is 1.25 bits per heavy atom. The summed E-state index contributed by atoms with van der Waals surface area (Å²) in [6, 6.07) is 0. The van der Waals surface area contributed by atoms with Crippen molar-refractivity contribution in [1.82, 2.24) is 19.7 Å². The Kier molecular flexibility index (Phi) is 4.43. The number of nitrogens with one attached hydrogen (secondary N) is 1. The minimum Gasteiger partial charge on any atom is -0.360 e. The fourth-order valence-electron chi connectivity index (χ4n) is 3.74. The number of piperazine rings is 1. The molecule has 2 aliphatic heterocycles. The summed E-state index contributed by atoms with van der Waals surface area (Å²) < 4.78 is 32.8. The third-order valence-electron chi connectivity index (χ3n) is 5.26. The van der Waals surface area contributed by atoms with E-state index in [0.717, 1.165) is 6.42 Å². The Balaban J connectivity index is 1.91. The van der Waals surface area contributed by atoms with E-state index in [1.807, 2.05) is 7.05 Å². The van der Waals surface area contributed by atoms with Crippen LogP contribution in [0, 0.1) is 13.8 Å². The SMILES string of the molecule is Cc1noc(C)c1S(=O)(=O)N1CCN(C)[C@@]2(CCNC(=O)CC2)C1. The number of carbonyl (C=O) groups excluding carboxylic acids is 1. The van der Waals surface area contributed by atoms with E-state index in [1.165, 1.54) is 4.31 Å². The van der Waals surface area contributed by atoms with Gasteiger partial charge in [0, 0.05) is 38.1 Å². The second-order valence-corrected chi connectivity index (χ2v) is 8.61. The molecule has 1 N–H and O–H groups in total. The highest BCUT2D eigenvalue weighted by atomic mass is 32.2. The van der Waals surface area contributed by atoms with Crippen molar-refractivity contribution in [2.24, 2.45) is 0 Å². The molecule has 2 fully saturated rings. The highest BCUT2D eigenvalue weighted by Gasteiger charge is 2.45. The van der Waals surface area contributed by atoms with Gasteiger partial charge in [-0.25, -0.2) is 8.42 Å². The van der Waals surface area contributed by atoms with Crippen LogP contribution in [0.5, 0.6) is 0 Å². The van der Waals surface area contributed by atoms with Crippen molar-refractivity contribution < 1.29 is 17.7 Å². The zero-order chi connectivity index (χ0) is 17.5. The van der Waals surface area contributed by atoms with E-state index in [1.54, 1.807) is 13.8 Å². The topological polar surface area (TPSA) is 95.8 Å². The normalized spacial score (nSPS) is 27.2. The second-order valence-electron chi connectivity index (χ2n) is 6.74. The van der Waals surface area contributed by atoms with Crippen molar-refractivity contribution in [2.75, 3.05) is 33.2 Å². The van der Waals surface area contributed by atoms with Crippen LogP contribution >= 0.6 is 0 Å². The van der Waals surface area contributed by atoms with Gasteiger partial charge in [0.15, 0.2) is 5.76 Å². The van der Waals surface area contributed by atoms with Gasteiger partial charge in [-0.3, -0.25) is 9.69 Å². The van der Waals surface area contributed by atoms with Gasteiger partial charge in [-0.1, -0.05) is 5.16 Å². The summed E-state index contributed by atoms with van der Waals surface area (Å²) in [5.74, 6) is 0.351. The quantitative estimate of drug-likeness (QED) is 0.817. The summed E-state index contributed by atoms with van der Waals surface area (Å²) in [6.07, 6.45) is 1.81. The molecule has 0 unspecified atom stereocenters. The van der Waals surface area contributed by atoms with Gasteiger partial charge in [-0.15, -0.1) is 0 Å². The van der Waals surface area contributed by atoms with Crippen molar-refractivity contribution in [3.63, 3.8) is 0 Å². The van der Waals surface area contributed by atoms with Gasteiger partial charge in [0.1, 0.15) is 10.6 Å². The van der Waals surface area contributed by atoms with Gasteiger partial charge in [0.05, 0.1) is 0 Å². The van der Waals surface area contributed by atoms with Crippen LogP contribution < -0.4 is 5.32 Å². The Bertz CT molecular complexity index is 725. The van der Waals surface area contributed by atoms with E-state index in [9.17, 15) is 13.2 Å². The molecule has 1 spiro atoms. The molecule has 0 saturated carbocycles. The second kappa shape index (κ2) is 6.12. The van der Waals surface area contributed by atoms with Crippen molar-refractivity contribution >= 4 is 15.9 Å². The molecule has 2 aliphatic rings. The van der Waals surface area contributed by atoms with Crippen LogP contribution in [0.3, 0.4) is 0 Å². The number of likely N-dealkylation sites (N-methyl/N-ethyl adjacent to an activating group) is 1. The molecule has 1 aromatic heterocycles. The summed E-state index contributed by atoms with van der Waals surface area (Å²) in [4.78, 5) is 14.1. The van der Waals surface area contributed by atoms with E-state index in [-0.39, 0.29) is 16.3 Å². The molecule has 9 heteroatoms. The van der Waals surface area contributed by atoms with E-state index in [4.69, 9.17) is 4.52 Å². The Hall–Kier alpha value is -1.45. The zero-order valence-electron chi connectivity index (χ0n) is 14.3. The maximum Gasteiger partial charge on any atom is 0.248 e. The van der Waals surface area contributed by atoms with Crippen LogP contribution in [0.25, 0.3) is 0 Å². The molecular weight excluding hydrogens is 332 g/mol. The van der Waals surface area contributed by atoms with Crippen LogP contribution in [0.1, 0.15) is 30.7 Å². The van der Waals surface area contributed by atoms with Crippen molar-refractivity contribution in [3.8, 4) is 0 Å². The van der Waals surface area contributed by atoms with Gasteiger partial charge in [-0.2, -0.15) is 4.31 Å². The first-order chi connectivity index (χ1) is 11.3. The number of aromatic nitrogens is 1. The molecule has 24 heavy (non-hydrogen) atoms. The Labute approximate surface area is 142 Å². The number of aryl methyl sites for hydroxylation is 2. The predicted molar refractivity (Wildman–Crippen MR) is 87.0 cm³/mol. The first-order valence-electron chi connectivity index (χ1n) is 8.17. The lowest BCUT2D eigenvalue weighted by molar-refractivity contribution is -0.121. The third kappa shape index (κ3) is 2.84. The smallest absolute Gasteiger partial charge is 0.248 e. The molecule has 1 aromatic rings. The van der Waals surface area contributed by atoms with E-state index in [2.05, 4.69) is 15.4 Å². The molecule has 2 saturated heterocycles. The zero-order valence-corrected chi connectivity index (χ0v) is 15.1. The molecule has 0 radical (unpaired) electrons.